The molecule has 0 saturated heterocycles. The summed E-state index contributed by atoms with van der Waals surface area (Å²) in [5, 5.41) is 20.3. The molecule has 9 nitrogen and oxygen atoms in total. The highest BCUT2D eigenvalue weighted by Crippen LogP contribution is 2.34. The fourth-order valence-electron chi connectivity index (χ4n) is 4.63. The summed E-state index contributed by atoms with van der Waals surface area (Å²) in [6, 6.07) is 12.5. The Bertz CT molecular complexity index is 1760. The molecule has 0 bridgehead atoms. The van der Waals surface area contributed by atoms with Gasteiger partial charge in [0.1, 0.15) is 5.82 Å². The Kier molecular flexibility index (Phi) is 8.40. The number of hydrogen-bond donors (Lipinski definition) is 1. The van der Waals surface area contributed by atoms with E-state index in [4.69, 9.17) is 0 Å². The Morgan fingerprint density at radius 1 is 1.15 bits per heavy atom. The van der Waals surface area contributed by atoms with Crippen LogP contribution >= 0.6 is 0 Å². The standard InChI is InChI=1S/C29H28FN5O4S/c1-4-6-10-24-34-28(36)26(29(37)35(24)23(5-2)20-9-7-8-19(15-20)16-31)40(38,39)25-12-11-21(17-33-25)22-13-14-32-27(30)18(22)3/h7-9,11-15,17,23,37H,4-6,10H2,1-3H3. The van der Waals surface area contributed by atoms with Crippen molar-refractivity contribution in [1.29, 1.82) is 5.26 Å². The van der Waals surface area contributed by atoms with Crippen LogP contribution in [-0.2, 0) is 16.3 Å². The molecule has 0 amide bonds. The van der Waals surface area contributed by atoms with Gasteiger partial charge in [-0.05, 0) is 61.2 Å². The predicted molar refractivity (Wildman–Crippen MR) is 146 cm³/mol. The number of pyridine rings is 2. The zero-order chi connectivity index (χ0) is 29.0. The van der Waals surface area contributed by atoms with Gasteiger partial charge in [-0.3, -0.25) is 9.36 Å². The van der Waals surface area contributed by atoms with Gasteiger partial charge < -0.3 is 5.11 Å². The summed E-state index contributed by atoms with van der Waals surface area (Å²) in [4.78, 5) is 24.0. The van der Waals surface area contributed by atoms with Gasteiger partial charge in [-0.25, -0.2) is 18.4 Å². The molecule has 0 aliphatic rings. The molecule has 3 heterocycles. The molecule has 1 aromatic carbocycles. The Labute approximate surface area is 231 Å². The molecule has 1 unspecified atom stereocenters. The van der Waals surface area contributed by atoms with Gasteiger partial charge in [0.2, 0.25) is 26.6 Å². The zero-order valence-corrected chi connectivity index (χ0v) is 23.1. The number of unbranched alkanes of at least 4 members (excludes halogenated alkanes) is 1. The van der Waals surface area contributed by atoms with E-state index < -0.39 is 43.2 Å². The van der Waals surface area contributed by atoms with Gasteiger partial charge in [0.25, 0.3) is 5.56 Å². The molecule has 3 aromatic heterocycles. The SMILES string of the molecule is CCCCc1nc(=O)c(S(=O)(=O)c2ccc(-c3ccnc(F)c3C)cn2)c(O)n1C(CC)c1cccc(C#N)c1. The summed E-state index contributed by atoms with van der Waals surface area (Å²) in [5.74, 6) is -1.14. The van der Waals surface area contributed by atoms with Gasteiger partial charge in [0.15, 0.2) is 5.03 Å². The van der Waals surface area contributed by atoms with Gasteiger partial charge >= 0.3 is 0 Å². The van der Waals surface area contributed by atoms with E-state index in [1.54, 1.807) is 37.3 Å². The lowest BCUT2D eigenvalue weighted by atomic mass is 10.0. The second-order valence-electron chi connectivity index (χ2n) is 9.28. The molecule has 40 heavy (non-hydrogen) atoms. The van der Waals surface area contributed by atoms with Crippen LogP contribution in [-0.4, -0.2) is 33.0 Å². The summed E-state index contributed by atoms with van der Waals surface area (Å²) in [6.45, 7) is 5.36. The molecule has 11 heteroatoms. The van der Waals surface area contributed by atoms with Crippen molar-refractivity contribution in [3.63, 3.8) is 0 Å². The highest BCUT2D eigenvalue weighted by Gasteiger charge is 2.32. The first kappa shape index (κ1) is 28.6. The monoisotopic (exact) mass is 561 g/mol. The number of sulfone groups is 1. The summed E-state index contributed by atoms with van der Waals surface area (Å²) in [7, 11) is -4.61. The average Bonchev–Trinajstić information content (AvgIpc) is 2.95. The molecule has 1 atom stereocenters. The summed E-state index contributed by atoms with van der Waals surface area (Å²) >= 11 is 0. The molecule has 0 aliphatic heterocycles. The summed E-state index contributed by atoms with van der Waals surface area (Å²) in [6.07, 6.45) is 4.75. The number of benzene rings is 1. The smallest absolute Gasteiger partial charge is 0.296 e. The third kappa shape index (κ3) is 5.35. The third-order valence-electron chi connectivity index (χ3n) is 6.72. The van der Waals surface area contributed by atoms with Crippen LogP contribution in [0.25, 0.3) is 11.1 Å². The maximum atomic E-state index is 13.9. The molecule has 0 saturated carbocycles. The van der Waals surface area contributed by atoms with Crippen LogP contribution in [0.2, 0.25) is 0 Å². The summed E-state index contributed by atoms with van der Waals surface area (Å²) < 4.78 is 42.7. The minimum absolute atomic E-state index is 0.246. The van der Waals surface area contributed by atoms with E-state index in [1.165, 1.54) is 29.1 Å². The van der Waals surface area contributed by atoms with Gasteiger partial charge in [0, 0.05) is 29.9 Å². The fourth-order valence-corrected chi connectivity index (χ4v) is 5.89. The van der Waals surface area contributed by atoms with Crippen LogP contribution in [0.5, 0.6) is 5.88 Å². The number of aromatic hydroxyl groups is 1. The largest absolute Gasteiger partial charge is 0.493 e. The van der Waals surface area contributed by atoms with Crippen molar-refractivity contribution in [2.75, 3.05) is 0 Å². The fraction of sp³-hybridized carbons (Fsp3) is 0.276. The van der Waals surface area contributed by atoms with Crippen LogP contribution in [0.1, 0.15) is 61.7 Å². The Morgan fingerprint density at radius 3 is 2.58 bits per heavy atom. The molecule has 4 aromatic rings. The molecular weight excluding hydrogens is 533 g/mol. The van der Waals surface area contributed by atoms with Crippen LogP contribution in [0.3, 0.4) is 0 Å². The van der Waals surface area contributed by atoms with E-state index in [2.05, 4.69) is 21.0 Å². The molecule has 0 radical (unpaired) electrons. The van der Waals surface area contributed by atoms with Crippen molar-refractivity contribution in [1.82, 2.24) is 19.5 Å². The molecule has 206 valence electrons. The zero-order valence-electron chi connectivity index (χ0n) is 22.3. The number of aryl methyl sites for hydroxylation is 1. The van der Waals surface area contributed by atoms with Crippen LogP contribution in [0.15, 0.2) is 69.6 Å². The van der Waals surface area contributed by atoms with Gasteiger partial charge in [-0.2, -0.15) is 14.6 Å². The minimum Gasteiger partial charge on any atom is -0.493 e. The Morgan fingerprint density at radius 2 is 1.93 bits per heavy atom. The van der Waals surface area contributed by atoms with Crippen molar-refractivity contribution in [3.05, 3.63) is 93.7 Å². The lowest BCUT2D eigenvalue weighted by Gasteiger charge is -2.25. The minimum atomic E-state index is -4.61. The van der Waals surface area contributed by atoms with Crippen molar-refractivity contribution in [2.45, 2.75) is 62.4 Å². The lowest BCUT2D eigenvalue weighted by molar-refractivity contribution is 0.358. The second-order valence-corrected chi connectivity index (χ2v) is 11.1. The first-order valence-corrected chi connectivity index (χ1v) is 14.3. The maximum Gasteiger partial charge on any atom is 0.296 e. The number of nitriles is 1. The van der Waals surface area contributed by atoms with E-state index in [0.29, 0.717) is 41.5 Å². The number of aromatic nitrogens is 4. The van der Waals surface area contributed by atoms with Gasteiger partial charge in [0.05, 0.1) is 17.7 Å². The van der Waals surface area contributed by atoms with Gasteiger partial charge in [-0.1, -0.05) is 32.4 Å². The third-order valence-corrected chi connectivity index (χ3v) is 8.41. The molecule has 0 spiro atoms. The highest BCUT2D eigenvalue weighted by molar-refractivity contribution is 7.91. The number of halogens is 1. The van der Waals surface area contributed by atoms with E-state index in [9.17, 15) is 28.0 Å². The predicted octanol–water partition coefficient (Wildman–Crippen LogP) is 4.90. The Hall–Kier alpha value is -4.43. The van der Waals surface area contributed by atoms with E-state index in [0.717, 1.165) is 6.42 Å². The van der Waals surface area contributed by atoms with Crippen molar-refractivity contribution >= 4 is 9.84 Å². The first-order chi connectivity index (χ1) is 19.1. The van der Waals surface area contributed by atoms with E-state index in [-0.39, 0.29) is 11.4 Å². The quantitative estimate of drug-likeness (QED) is 0.285. The number of rotatable bonds is 9. The topological polar surface area (TPSA) is 139 Å². The van der Waals surface area contributed by atoms with Crippen LogP contribution in [0.4, 0.5) is 4.39 Å². The highest BCUT2D eigenvalue weighted by atomic mass is 32.2. The normalized spacial score (nSPS) is 12.2. The molecule has 1 N–H and O–H groups in total. The molecule has 0 fully saturated rings. The number of nitrogens with zero attached hydrogens (tertiary/aromatic N) is 5. The lowest BCUT2D eigenvalue weighted by Crippen LogP contribution is -2.27. The maximum absolute atomic E-state index is 13.9. The van der Waals surface area contributed by atoms with Crippen LogP contribution < -0.4 is 5.56 Å². The second kappa shape index (κ2) is 11.8. The van der Waals surface area contributed by atoms with Gasteiger partial charge in [-0.15, -0.1) is 0 Å². The average molecular weight is 562 g/mol. The molecular formula is C29H28FN5O4S. The van der Waals surface area contributed by atoms with Crippen molar-refractivity contribution in [2.24, 2.45) is 0 Å². The summed E-state index contributed by atoms with van der Waals surface area (Å²) in [5.41, 5.74) is 1.20. The first-order valence-electron chi connectivity index (χ1n) is 12.8. The molecule has 4 rings (SSSR count). The van der Waals surface area contributed by atoms with E-state index >= 15 is 0 Å². The number of hydrogen-bond acceptors (Lipinski definition) is 8. The van der Waals surface area contributed by atoms with Crippen molar-refractivity contribution in [3.8, 4) is 23.1 Å². The van der Waals surface area contributed by atoms with Crippen molar-refractivity contribution < 1.29 is 17.9 Å². The molecule has 0 aliphatic carbocycles. The van der Waals surface area contributed by atoms with Crippen LogP contribution in [0, 0.1) is 24.2 Å². The Balaban J connectivity index is 1.88. The van der Waals surface area contributed by atoms with E-state index in [1.807, 2.05) is 13.8 Å².